The largest absolute Gasteiger partial charge is 0.298 e. The van der Waals surface area contributed by atoms with Gasteiger partial charge in [0.1, 0.15) is 6.29 Å². The molecule has 0 N–H and O–H groups in total. The highest BCUT2D eigenvalue weighted by molar-refractivity contribution is 5.78. The average Bonchev–Trinajstić information content (AvgIpc) is 2.13. The molecule has 0 aromatic heterocycles. The van der Waals surface area contributed by atoms with Crippen LogP contribution in [0.25, 0.3) is 0 Å². The molecular weight excluding hydrogens is 112 g/mol. The second kappa shape index (κ2) is 3.02. The Balaban J connectivity index is 0.000000810. The summed E-state index contributed by atoms with van der Waals surface area (Å²) in [4.78, 5) is 10.2. The third-order valence-electron chi connectivity index (χ3n) is 1.14. The van der Waals surface area contributed by atoms with Gasteiger partial charge in [0, 0.05) is 7.00 Å². The Kier molecular flexibility index (Phi) is 2.02. The lowest BCUT2D eigenvalue weighted by molar-refractivity contribution is -0.104. The molecular formula is C8H10O. The number of hydrogen-bond donors (Lipinski definition) is 0. The van der Waals surface area contributed by atoms with E-state index in [9.17, 15) is 4.79 Å². The van der Waals surface area contributed by atoms with Crippen LogP contribution in [0.2, 0.25) is 0 Å². The molecule has 1 heteroatoms. The van der Waals surface area contributed by atoms with Crippen LogP contribution in [0.5, 0.6) is 0 Å². The highest BCUT2D eigenvalue weighted by Gasteiger charge is 1.86. The molecule has 0 bridgehead atoms. The van der Waals surface area contributed by atoms with Gasteiger partial charge in [0.25, 0.3) is 0 Å². The van der Waals surface area contributed by atoms with E-state index in [1.807, 2.05) is 24.3 Å². The van der Waals surface area contributed by atoms with Crippen LogP contribution in [0.3, 0.4) is 0 Å². The van der Waals surface area contributed by atoms with E-state index >= 15 is 0 Å². The fourth-order valence-corrected chi connectivity index (χ4v) is 0.675. The van der Waals surface area contributed by atoms with E-state index in [4.69, 9.17) is 0 Å². The SMILES string of the molecule is O=CC1=CC=CCC=C1.[HH]. The van der Waals surface area contributed by atoms with Crippen molar-refractivity contribution < 1.29 is 6.22 Å². The van der Waals surface area contributed by atoms with Crippen LogP contribution in [-0.4, -0.2) is 6.29 Å². The van der Waals surface area contributed by atoms with Gasteiger partial charge in [0.05, 0.1) is 0 Å². The highest BCUT2D eigenvalue weighted by atomic mass is 16.1. The maximum atomic E-state index is 10.2. The van der Waals surface area contributed by atoms with Gasteiger partial charge in [-0.2, -0.15) is 0 Å². The van der Waals surface area contributed by atoms with Gasteiger partial charge in [0.2, 0.25) is 0 Å². The number of carbonyl (C=O) groups excluding carboxylic acids is 1. The zero-order valence-corrected chi connectivity index (χ0v) is 5.08. The standard InChI is InChI=1S/C8H8O.H2/c9-7-8-5-3-1-2-4-6-8;/h1,3-7H,2H2;1H. The van der Waals surface area contributed by atoms with E-state index in [0.29, 0.717) is 0 Å². The Bertz CT molecular complexity index is 189. The van der Waals surface area contributed by atoms with Crippen molar-refractivity contribution in [3.63, 3.8) is 0 Å². The van der Waals surface area contributed by atoms with Gasteiger partial charge in [-0.1, -0.05) is 30.4 Å². The number of allylic oxidation sites excluding steroid dienone is 6. The van der Waals surface area contributed by atoms with Crippen molar-refractivity contribution in [2.45, 2.75) is 6.42 Å². The van der Waals surface area contributed by atoms with Gasteiger partial charge in [-0.3, -0.25) is 4.79 Å². The summed E-state index contributed by atoms with van der Waals surface area (Å²) in [6.45, 7) is 0. The van der Waals surface area contributed by atoms with Crippen molar-refractivity contribution in [1.29, 1.82) is 0 Å². The van der Waals surface area contributed by atoms with Gasteiger partial charge in [-0.15, -0.1) is 0 Å². The Morgan fingerprint density at radius 3 is 3.22 bits per heavy atom. The van der Waals surface area contributed by atoms with Crippen LogP contribution >= 0.6 is 0 Å². The molecule has 1 nitrogen and oxygen atoms in total. The van der Waals surface area contributed by atoms with Crippen molar-refractivity contribution in [1.82, 2.24) is 0 Å². The maximum absolute atomic E-state index is 10.2. The molecule has 0 radical (unpaired) electrons. The van der Waals surface area contributed by atoms with Gasteiger partial charge >= 0.3 is 0 Å². The smallest absolute Gasteiger partial charge is 0.150 e. The van der Waals surface area contributed by atoms with Crippen LogP contribution in [0.4, 0.5) is 0 Å². The van der Waals surface area contributed by atoms with Crippen molar-refractivity contribution in [3.05, 3.63) is 36.0 Å². The number of hydrogen-bond acceptors (Lipinski definition) is 1. The van der Waals surface area contributed by atoms with E-state index in [0.717, 1.165) is 18.3 Å². The van der Waals surface area contributed by atoms with E-state index in [1.165, 1.54) is 0 Å². The Morgan fingerprint density at radius 2 is 2.44 bits per heavy atom. The first-order valence-corrected chi connectivity index (χ1v) is 2.92. The van der Waals surface area contributed by atoms with Crippen molar-refractivity contribution in [3.8, 4) is 0 Å². The molecule has 0 spiro atoms. The Morgan fingerprint density at radius 1 is 1.56 bits per heavy atom. The molecule has 9 heavy (non-hydrogen) atoms. The fraction of sp³-hybridized carbons (Fsp3) is 0.125. The maximum Gasteiger partial charge on any atom is 0.150 e. The van der Waals surface area contributed by atoms with Crippen LogP contribution in [0.1, 0.15) is 7.85 Å². The Labute approximate surface area is 55.9 Å². The molecule has 1 aliphatic rings. The van der Waals surface area contributed by atoms with E-state index in [1.54, 1.807) is 6.08 Å². The molecule has 0 aromatic rings. The molecule has 0 unspecified atom stereocenters. The van der Waals surface area contributed by atoms with E-state index < -0.39 is 0 Å². The average molecular weight is 122 g/mol. The van der Waals surface area contributed by atoms with E-state index in [2.05, 4.69) is 0 Å². The summed E-state index contributed by atoms with van der Waals surface area (Å²) < 4.78 is 0. The van der Waals surface area contributed by atoms with Crippen LogP contribution in [0, 0.1) is 0 Å². The topological polar surface area (TPSA) is 17.1 Å². The molecule has 0 saturated carbocycles. The zero-order valence-electron chi connectivity index (χ0n) is 5.08. The first-order valence-electron chi connectivity index (χ1n) is 2.92. The second-order valence-electron chi connectivity index (χ2n) is 1.85. The van der Waals surface area contributed by atoms with Gasteiger partial charge in [-0.25, -0.2) is 0 Å². The molecule has 0 amide bonds. The van der Waals surface area contributed by atoms with Crippen LogP contribution < -0.4 is 0 Å². The minimum absolute atomic E-state index is 0. The number of carbonyl (C=O) groups is 1. The van der Waals surface area contributed by atoms with Crippen molar-refractivity contribution in [2.24, 2.45) is 0 Å². The molecule has 0 fully saturated rings. The summed E-state index contributed by atoms with van der Waals surface area (Å²) in [5.41, 5.74) is 0.740. The van der Waals surface area contributed by atoms with Gasteiger partial charge in [-0.05, 0) is 6.42 Å². The molecule has 0 aliphatic heterocycles. The van der Waals surface area contributed by atoms with Crippen LogP contribution in [0.15, 0.2) is 36.0 Å². The molecule has 1 rings (SSSR count). The second-order valence-corrected chi connectivity index (χ2v) is 1.85. The lowest BCUT2D eigenvalue weighted by Crippen LogP contribution is -1.74. The highest BCUT2D eigenvalue weighted by Crippen LogP contribution is 2.00. The van der Waals surface area contributed by atoms with Crippen LogP contribution in [-0.2, 0) is 4.79 Å². The zero-order chi connectivity index (χ0) is 6.53. The summed E-state index contributed by atoms with van der Waals surface area (Å²) >= 11 is 0. The van der Waals surface area contributed by atoms with Gasteiger partial charge < -0.3 is 0 Å². The third kappa shape index (κ3) is 1.68. The Hall–Kier alpha value is -1.11. The van der Waals surface area contributed by atoms with Crippen molar-refractivity contribution in [2.75, 3.05) is 0 Å². The van der Waals surface area contributed by atoms with Crippen molar-refractivity contribution >= 4 is 6.29 Å². The molecule has 48 valence electrons. The molecule has 0 aromatic carbocycles. The first kappa shape index (κ1) is 6.02. The monoisotopic (exact) mass is 122 g/mol. The lowest BCUT2D eigenvalue weighted by Gasteiger charge is -1.80. The summed E-state index contributed by atoms with van der Waals surface area (Å²) in [5, 5.41) is 0. The predicted octanol–water partition coefficient (Wildman–Crippen LogP) is 1.87. The first-order chi connectivity index (χ1) is 4.43. The fourth-order valence-electron chi connectivity index (χ4n) is 0.675. The molecule has 1 aliphatic carbocycles. The van der Waals surface area contributed by atoms with Gasteiger partial charge in [0.15, 0.2) is 0 Å². The molecule has 0 heterocycles. The summed E-state index contributed by atoms with van der Waals surface area (Å²) in [7, 11) is 0. The molecule has 0 atom stereocenters. The lowest BCUT2D eigenvalue weighted by atomic mass is 10.3. The molecule has 0 saturated heterocycles. The van der Waals surface area contributed by atoms with E-state index in [-0.39, 0.29) is 1.43 Å². The number of rotatable bonds is 1. The minimum Gasteiger partial charge on any atom is -0.298 e. The summed E-state index contributed by atoms with van der Waals surface area (Å²) in [5.74, 6) is 0. The summed E-state index contributed by atoms with van der Waals surface area (Å²) in [6.07, 6.45) is 11.3. The minimum atomic E-state index is 0. The normalized spacial score (nSPS) is 16.7. The third-order valence-corrected chi connectivity index (χ3v) is 1.14. The summed E-state index contributed by atoms with van der Waals surface area (Å²) in [6, 6.07) is 0. The number of aldehydes is 1. The quantitative estimate of drug-likeness (QED) is 0.485. The predicted molar refractivity (Wildman–Crippen MR) is 39.2 cm³/mol.